The van der Waals surface area contributed by atoms with Gasteiger partial charge in [-0.25, -0.2) is 0 Å². The van der Waals surface area contributed by atoms with Gasteiger partial charge in [-0.15, -0.1) is 0 Å². The highest BCUT2D eigenvalue weighted by atomic mass is 127. The molecule has 0 aliphatic carbocycles. The van der Waals surface area contributed by atoms with Crippen LogP contribution in [0.4, 0.5) is 0 Å². The Morgan fingerprint density at radius 3 is 3.00 bits per heavy atom. The van der Waals surface area contributed by atoms with Crippen molar-refractivity contribution < 1.29 is 9.53 Å². The molecule has 1 saturated heterocycles. The Kier molecular flexibility index (Phi) is 5.52. The molecule has 1 unspecified atom stereocenters. The van der Waals surface area contributed by atoms with Crippen molar-refractivity contribution in [3.8, 4) is 0 Å². The monoisotopic (exact) mass is 308 g/mol. The van der Waals surface area contributed by atoms with E-state index in [0.29, 0.717) is 6.42 Å². The van der Waals surface area contributed by atoms with Gasteiger partial charge in [0.2, 0.25) is 0 Å². The van der Waals surface area contributed by atoms with Gasteiger partial charge >= 0.3 is 5.97 Å². The maximum atomic E-state index is 10.9. The molecule has 0 amide bonds. The first-order valence-electron chi connectivity index (χ1n) is 5.29. The summed E-state index contributed by atoms with van der Waals surface area (Å²) < 4.78 is 6.36. The van der Waals surface area contributed by atoms with E-state index in [-0.39, 0.29) is 12.1 Å². The zero-order chi connectivity index (χ0) is 10.4. The molecule has 1 atom stereocenters. The Balaban J connectivity index is 2.25. The normalized spacial score (nSPS) is 22.6. The van der Waals surface area contributed by atoms with E-state index in [1.54, 1.807) is 0 Å². The van der Waals surface area contributed by atoms with Crippen LogP contribution in [0.25, 0.3) is 0 Å². The predicted octanol–water partition coefficient (Wildman–Crippen LogP) is 3.59. The minimum Gasteiger partial charge on any atom is -0.457 e. The Hall–Kier alpha value is -0.0600. The van der Waals surface area contributed by atoms with Crippen molar-refractivity contribution in [3.05, 3.63) is 9.66 Å². The van der Waals surface area contributed by atoms with Gasteiger partial charge in [-0.2, -0.15) is 0 Å². The van der Waals surface area contributed by atoms with Gasteiger partial charge < -0.3 is 4.74 Å². The second-order valence-electron chi connectivity index (χ2n) is 3.60. The summed E-state index contributed by atoms with van der Waals surface area (Å²) in [5.41, 5.74) is 0. The summed E-state index contributed by atoms with van der Waals surface area (Å²) in [7, 11) is 0. The Bertz CT molecular complexity index is 223. The molecule has 0 aromatic heterocycles. The van der Waals surface area contributed by atoms with Crippen LogP contribution in [0.2, 0.25) is 0 Å². The van der Waals surface area contributed by atoms with Gasteiger partial charge in [0, 0.05) is 10.0 Å². The zero-order valence-electron chi connectivity index (χ0n) is 8.59. The number of halogens is 1. The largest absolute Gasteiger partial charge is 0.457 e. The summed E-state index contributed by atoms with van der Waals surface area (Å²) >= 11 is 2.29. The number of hydrogen-bond acceptors (Lipinski definition) is 2. The van der Waals surface area contributed by atoms with Crippen molar-refractivity contribution in [2.45, 2.75) is 51.6 Å². The summed E-state index contributed by atoms with van der Waals surface area (Å²) in [5.74, 6) is -0.0499. The third-order valence-corrected chi connectivity index (χ3v) is 3.47. The van der Waals surface area contributed by atoms with E-state index in [9.17, 15) is 4.79 Å². The maximum absolute atomic E-state index is 10.9. The Morgan fingerprint density at radius 2 is 2.43 bits per heavy atom. The molecule has 0 aromatic carbocycles. The SMILES string of the molecule is CCCCC/C=C(\I)C1CCC(=O)O1. The lowest BCUT2D eigenvalue weighted by Crippen LogP contribution is -2.06. The summed E-state index contributed by atoms with van der Waals surface area (Å²) in [5, 5.41) is 0. The number of carbonyl (C=O) groups is 1. The van der Waals surface area contributed by atoms with E-state index >= 15 is 0 Å². The molecule has 0 saturated carbocycles. The lowest BCUT2D eigenvalue weighted by molar-refractivity contribution is -0.140. The van der Waals surface area contributed by atoms with Crippen LogP contribution in [-0.2, 0) is 9.53 Å². The molecule has 1 aliphatic rings. The van der Waals surface area contributed by atoms with E-state index in [1.807, 2.05) is 0 Å². The van der Waals surface area contributed by atoms with Gasteiger partial charge in [0.1, 0.15) is 6.10 Å². The Morgan fingerprint density at radius 1 is 1.64 bits per heavy atom. The number of ether oxygens (including phenoxy) is 1. The number of hydrogen-bond donors (Lipinski definition) is 0. The van der Waals surface area contributed by atoms with Crippen molar-refractivity contribution in [2.75, 3.05) is 0 Å². The van der Waals surface area contributed by atoms with Crippen LogP contribution < -0.4 is 0 Å². The van der Waals surface area contributed by atoms with E-state index in [1.165, 1.54) is 22.8 Å². The molecule has 0 radical (unpaired) electrons. The number of cyclic esters (lactones) is 1. The van der Waals surface area contributed by atoms with Crippen LogP contribution in [-0.4, -0.2) is 12.1 Å². The van der Waals surface area contributed by atoms with Crippen molar-refractivity contribution in [2.24, 2.45) is 0 Å². The highest BCUT2D eigenvalue weighted by Gasteiger charge is 2.24. The van der Waals surface area contributed by atoms with Crippen molar-refractivity contribution >= 4 is 28.6 Å². The van der Waals surface area contributed by atoms with Gasteiger partial charge in [0.05, 0.1) is 0 Å². The first kappa shape index (κ1) is 12.0. The van der Waals surface area contributed by atoms with Crippen LogP contribution in [0.15, 0.2) is 9.66 Å². The van der Waals surface area contributed by atoms with E-state index < -0.39 is 0 Å². The fourth-order valence-electron chi connectivity index (χ4n) is 1.49. The maximum Gasteiger partial charge on any atom is 0.306 e. The van der Waals surface area contributed by atoms with E-state index in [4.69, 9.17) is 4.74 Å². The molecule has 0 N–H and O–H groups in total. The molecule has 1 aliphatic heterocycles. The molecular weight excluding hydrogens is 291 g/mol. The zero-order valence-corrected chi connectivity index (χ0v) is 10.7. The van der Waals surface area contributed by atoms with E-state index in [2.05, 4.69) is 35.6 Å². The molecule has 14 heavy (non-hydrogen) atoms. The number of esters is 1. The molecule has 0 bridgehead atoms. The molecule has 2 nitrogen and oxygen atoms in total. The standard InChI is InChI=1S/C11H17IO2/c1-2-3-4-5-6-9(12)10-7-8-11(13)14-10/h6,10H,2-5,7-8H2,1H3/b9-6-. The highest BCUT2D eigenvalue weighted by Crippen LogP contribution is 2.26. The van der Waals surface area contributed by atoms with Gasteiger partial charge in [-0.1, -0.05) is 25.8 Å². The lowest BCUT2D eigenvalue weighted by atomic mass is 10.1. The number of rotatable bonds is 5. The topological polar surface area (TPSA) is 26.3 Å². The third kappa shape index (κ3) is 3.98. The average molecular weight is 308 g/mol. The fourth-order valence-corrected chi connectivity index (χ4v) is 2.24. The van der Waals surface area contributed by atoms with Crippen LogP contribution in [0.3, 0.4) is 0 Å². The van der Waals surface area contributed by atoms with Crippen LogP contribution in [0.1, 0.15) is 45.4 Å². The fraction of sp³-hybridized carbons (Fsp3) is 0.727. The predicted molar refractivity (Wildman–Crippen MR) is 65.4 cm³/mol. The smallest absolute Gasteiger partial charge is 0.306 e. The molecule has 0 aromatic rings. The Labute approximate surface area is 99.2 Å². The molecular formula is C11H17IO2. The third-order valence-electron chi connectivity index (χ3n) is 2.34. The second kappa shape index (κ2) is 6.43. The van der Waals surface area contributed by atoms with Crippen molar-refractivity contribution in [1.29, 1.82) is 0 Å². The summed E-state index contributed by atoms with van der Waals surface area (Å²) in [6.07, 6.45) is 8.60. The molecule has 0 spiro atoms. The molecule has 1 heterocycles. The molecule has 3 heteroatoms. The summed E-state index contributed by atoms with van der Waals surface area (Å²) in [4.78, 5) is 10.9. The number of carbonyl (C=O) groups excluding carboxylic acids is 1. The number of allylic oxidation sites excluding steroid dienone is 1. The average Bonchev–Trinajstić information content (AvgIpc) is 2.59. The summed E-state index contributed by atoms with van der Waals surface area (Å²) in [6.45, 7) is 2.20. The van der Waals surface area contributed by atoms with E-state index in [0.717, 1.165) is 12.8 Å². The quantitative estimate of drug-likeness (QED) is 0.441. The van der Waals surface area contributed by atoms with Gasteiger partial charge in [0.15, 0.2) is 0 Å². The minimum atomic E-state index is -0.0499. The van der Waals surface area contributed by atoms with Crippen molar-refractivity contribution in [3.63, 3.8) is 0 Å². The first-order chi connectivity index (χ1) is 6.74. The van der Waals surface area contributed by atoms with Gasteiger partial charge in [0.25, 0.3) is 0 Å². The van der Waals surface area contributed by atoms with Crippen LogP contribution >= 0.6 is 22.6 Å². The first-order valence-corrected chi connectivity index (χ1v) is 6.37. The van der Waals surface area contributed by atoms with Gasteiger partial charge in [-0.05, 0) is 41.9 Å². The summed E-state index contributed by atoms with van der Waals surface area (Å²) in [6, 6.07) is 0. The van der Waals surface area contributed by atoms with Crippen LogP contribution in [0, 0.1) is 0 Å². The molecule has 1 rings (SSSR count). The number of unbranched alkanes of at least 4 members (excludes halogenated alkanes) is 3. The highest BCUT2D eigenvalue weighted by molar-refractivity contribution is 14.1. The second-order valence-corrected chi connectivity index (χ2v) is 4.85. The molecule has 80 valence electrons. The van der Waals surface area contributed by atoms with Crippen LogP contribution in [0.5, 0.6) is 0 Å². The van der Waals surface area contributed by atoms with Gasteiger partial charge in [-0.3, -0.25) is 4.79 Å². The van der Waals surface area contributed by atoms with Crippen molar-refractivity contribution in [1.82, 2.24) is 0 Å². The molecule has 1 fully saturated rings. The lowest BCUT2D eigenvalue weighted by Gasteiger charge is -2.07. The minimum absolute atomic E-state index is 0.0499.